The number of rotatable bonds is 8. The van der Waals surface area contributed by atoms with Crippen LogP contribution < -0.4 is 29.6 Å². The molecule has 3 aliphatic rings. The number of anilines is 2. The molecule has 6 rings (SSSR count). The van der Waals surface area contributed by atoms with Crippen molar-refractivity contribution in [1.29, 1.82) is 0 Å². The van der Waals surface area contributed by atoms with Crippen LogP contribution in [0.4, 0.5) is 21.0 Å². The van der Waals surface area contributed by atoms with Crippen LogP contribution in [0.2, 0.25) is 0 Å². The van der Waals surface area contributed by atoms with E-state index in [-0.39, 0.29) is 19.1 Å². The van der Waals surface area contributed by atoms with Crippen molar-refractivity contribution in [3.05, 3.63) is 70.7 Å². The van der Waals surface area contributed by atoms with Gasteiger partial charge in [0.15, 0.2) is 47.6 Å². The number of benzene rings is 3. The number of aliphatic hydroxyl groups excluding tert-OH is 1. The zero-order valence-corrected chi connectivity index (χ0v) is 25.6. The number of nitrogens with one attached hydrogen (secondary N) is 2. The van der Waals surface area contributed by atoms with Crippen LogP contribution in [0, 0.1) is 0 Å². The summed E-state index contributed by atoms with van der Waals surface area (Å²) in [4.78, 5) is 39.6. The second kappa shape index (κ2) is 13.7. The minimum Gasteiger partial charge on any atom is -0.454 e. The molecule has 2 amide bonds. The topological polar surface area (TPSA) is 179 Å². The fourth-order valence-electron chi connectivity index (χ4n) is 4.88. The molecule has 46 heavy (non-hydrogen) atoms. The van der Waals surface area contributed by atoms with Gasteiger partial charge in [-0.2, -0.15) is 0 Å². The summed E-state index contributed by atoms with van der Waals surface area (Å²) < 4.78 is 50.4. The molecular formula is C30H27BrN2O13. The van der Waals surface area contributed by atoms with Gasteiger partial charge in [-0.3, -0.25) is 10.6 Å². The van der Waals surface area contributed by atoms with Gasteiger partial charge in [-0.05, 0) is 48.5 Å². The first-order valence-electron chi connectivity index (χ1n) is 13.8. The monoisotopic (exact) mass is 702 g/mol. The van der Waals surface area contributed by atoms with Gasteiger partial charge in [0.1, 0.15) is 6.10 Å². The molecule has 0 unspecified atom stereocenters. The molecule has 0 radical (unpaired) electrons. The minimum absolute atomic E-state index is 0.0328. The SMILES string of the molecule is CO[C@H]1O[C@H](CO)[C@@H](OC(=O)c2ccc(Br)cc2)[C@H](OC(=O)Nc2ccc3c(c2)OCO3)[C@@H]1OC(=O)Nc1ccc2c(c1)OCO2. The number of esters is 1. The number of methoxy groups -OCH3 is 1. The second-order valence-electron chi connectivity index (χ2n) is 9.96. The van der Waals surface area contributed by atoms with Crippen molar-refractivity contribution in [3.8, 4) is 23.0 Å². The Morgan fingerprint density at radius 2 is 1.30 bits per heavy atom. The molecule has 3 heterocycles. The van der Waals surface area contributed by atoms with E-state index in [2.05, 4.69) is 26.6 Å². The zero-order chi connectivity index (χ0) is 32.2. The van der Waals surface area contributed by atoms with Crippen molar-refractivity contribution in [2.45, 2.75) is 30.7 Å². The number of fused-ring (bicyclic) bond motifs is 2. The average Bonchev–Trinajstić information content (AvgIpc) is 3.72. The predicted octanol–water partition coefficient (Wildman–Crippen LogP) is 4.03. The molecule has 1 saturated heterocycles. The molecule has 3 N–H and O–H groups in total. The van der Waals surface area contributed by atoms with Gasteiger partial charge < -0.3 is 47.7 Å². The lowest BCUT2D eigenvalue weighted by Crippen LogP contribution is -2.63. The number of amides is 2. The van der Waals surface area contributed by atoms with E-state index in [1.807, 2.05) is 0 Å². The maximum absolute atomic E-state index is 13.3. The smallest absolute Gasteiger partial charge is 0.412 e. The number of ether oxygens (including phenoxy) is 9. The highest BCUT2D eigenvalue weighted by Gasteiger charge is 2.53. The second-order valence-corrected chi connectivity index (χ2v) is 10.9. The first-order valence-corrected chi connectivity index (χ1v) is 14.6. The molecule has 16 heteroatoms. The van der Waals surface area contributed by atoms with E-state index in [1.165, 1.54) is 31.4 Å². The van der Waals surface area contributed by atoms with E-state index < -0.39 is 55.5 Å². The first kappa shape index (κ1) is 31.2. The van der Waals surface area contributed by atoms with Gasteiger partial charge in [0.25, 0.3) is 0 Å². The van der Waals surface area contributed by atoms with E-state index in [4.69, 9.17) is 42.6 Å². The van der Waals surface area contributed by atoms with Crippen LogP contribution in [0.1, 0.15) is 10.4 Å². The van der Waals surface area contributed by atoms with E-state index in [9.17, 15) is 19.5 Å². The minimum atomic E-state index is -1.54. The number of aliphatic hydroxyl groups is 1. The number of hydrogen-bond acceptors (Lipinski definition) is 13. The molecule has 15 nitrogen and oxygen atoms in total. The van der Waals surface area contributed by atoms with E-state index in [0.717, 1.165) is 4.47 Å². The summed E-state index contributed by atoms with van der Waals surface area (Å²) in [7, 11) is 1.27. The Morgan fingerprint density at radius 1 is 0.761 bits per heavy atom. The van der Waals surface area contributed by atoms with Crippen molar-refractivity contribution >= 4 is 45.5 Å². The summed E-state index contributed by atoms with van der Waals surface area (Å²) in [6, 6.07) is 15.7. The fraction of sp³-hybridized carbons (Fsp3) is 0.300. The molecular weight excluding hydrogens is 676 g/mol. The van der Waals surface area contributed by atoms with Crippen LogP contribution in [0.15, 0.2) is 65.1 Å². The molecule has 0 aromatic heterocycles. The van der Waals surface area contributed by atoms with Gasteiger partial charge >= 0.3 is 18.2 Å². The van der Waals surface area contributed by atoms with Crippen molar-refractivity contribution in [3.63, 3.8) is 0 Å². The number of carbonyl (C=O) groups is 3. The Labute approximate surface area is 269 Å². The number of halogens is 1. The molecule has 3 aromatic carbocycles. The third-order valence-corrected chi connectivity index (χ3v) is 7.58. The Hall–Kier alpha value is -4.77. The van der Waals surface area contributed by atoms with Crippen LogP contribution in [0.5, 0.6) is 23.0 Å². The van der Waals surface area contributed by atoms with Crippen molar-refractivity contribution in [1.82, 2.24) is 0 Å². The Kier molecular flexibility index (Phi) is 9.30. The highest BCUT2D eigenvalue weighted by Crippen LogP contribution is 2.36. The third-order valence-electron chi connectivity index (χ3n) is 7.05. The average molecular weight is 703 g/mol. The predicted molar refractivity (Wildman–Crippen MR) is 159 cm³/mol. The summed E-state index contributed by atoms with van der Waals surface area (Å²) in [6.45, 7) is -0.596. The van der Waals surface area contributed by atoms with Crippen LogP contribution in [0.3, 0.4) is 0 Å². The summed E-state index contributed by atoms with van der Waals surface area (Å²) in [5, 5.41) is 15.3. The number of carbonyl (C=O) groups excluding carboxylic acids is 3. The Morgan fingerprint density at radius 3 is 1.85 bits per heavy atom. The normalized spacial score (nSPS) is 22.5. The molecule has 0 bridgehead atoms. The maximum atomic E-state index is 13.3. The Balaban J connectivity index is 1.26. The van der Waals surface area contributed by atoms with E-state index in [1.54, 1.807) is 36.4 Å². The van der Waals surface area contributed by atoms with Gasteiger partial charge in [0.05, 0.1) is 12.2 Å². The standard InChI is InChI=1S/C30H27BrN2O13/c1-38-28-26(46-30(37)33-18-7-9-20-22(11-18)42-14-40-20)25(45-29(36)32-17-6-8-19-21(10-17)41-13-39-19)24(23(12-34)43-28)44-27(35)15-2-4-16(31)5-3-15/h2-11,23-26,28,34H,12-14H2,1H3,(H,32,36)(H,33,37)/t23-,24-,25+,26+,28+/m1/s1. The van der Waals surface area contributed by atoms with Gasteiger partial charge in [0.2, 0.25) is 13.6 Å². The zero-order valence-electron chi connectivity index (χ0n) is 24.0. The first-order chi connectivity index (χ1) is 22.3. The molecule has 0 saturated carbocycles. The van der Waals surface area contributed by atoms with Gasteiger partial charge in [-0.25, -0.2) is 14.4 Å². The summed E-state index contributed by atoms with van der Waals surface area (Å²) >= 11 is 3.31. The molecule has 1 fully saturated rings. The van der Waals surface area contributed by atoms with Crippen LogP contribution in [-0.2, 0) is 23.7 Å². The van der Waals surface area contributed by atoms with Gasteiger partial charge in [-0.15, -0.1) is 0 Å². The molecule has 3 aliphatic heterocycles. The van der Waals surface area contributed by atoms with Gasteiger partial charge in [-0.1, -0.05) is 15.9 Å². The Bertz CT molecular complexity index is 1600. The summed E-state index contributed by atoms with van der Waals surface area (Å²) in [5.41, 5.74) is 0.768. The number of hydrogen-bond donors (Lipinski definition) is 3. The summed E-state index contributed by atoms with van der Waals surface area (Å²) in [5.74, 6) is 1.01. The van der Waals surface area contributed by atoms with Crippen molar-refractivity contribution in [2.75, 3.05) is 37.9 Å². The van der Waals surface area contributed by atoms with Crippen LogP contribution in [-0.4, -0.2) is 81.3 Å². The molecule has 5 atom stereocenters. The molecule has 3 aromatic rings. The highest BCUT2D eigenvalue weighted by molar-refractivity contribution is 9.10. The lowest BCUT2D eigenvalue weighted by atomic mass is 9.98. The van der Waals surface area contributed by atoms with Gasteiger partial charge in [0, 0.05) is 35.1 Å². The van der Waals surface area contributed by atoms with Crippen LogP contribution in [0.25, 0.3) is 0 Å². The molecule has 0 spiro atoms. The largest absolute Gasteiger partial charge is 0.454 e. The lowest BCUT2D eigenvalue weighted by molar-refractivity contribution is -0.290. The lowest BCUT2D eigenvalue weighted by Gasteiger charge is -2.43. The maximum Gasteiger partial charge on any atom is 0.412 e. The third kappa shape index (κ3) is 6.89. The van der Waals surface area contributed by atoms with E-state index >= 15 is 0 Å². The van der Waals surface area contributed by atoms with Crippen molar-refractivity contribution < 1.29 is 62.1 Å². The fourth-order valence-corrected chi connectivity index (χ4v) is 5.15. The molecule has 0 aliphatic carbocycles. The van der Waals surface area contributed by atoms with Crippen molar-refractivity contribution in [2.24, 2.45) is 0 Å². The molecule has 242 valence electrons. The van der Waals surface area contributed by atoms with Crippen LogP contribution >= 0.6 is 15.9 Å². The highest BCUT2D eigenvalue weighted by atomic mass is 79.9. The quantitative estimate of drug-likeness (QED) is 0.227. The van der Waals surface area contributed by atoms with E-state index in [0.29, 0.717) is 34.4 Å². The summed E-state index contributed by atoms with van der Waals surface area (Å²) in [6.07, 6.45) is -9.08.